The Morgan fingerprint density at radius 2 is 2.05 bits per heavy atom. The Kier molecular flexibility index (Phi) is 4.75. The molecule has 3 N–H and O–H groups in total. The van der Waals surface area contributed by atoms with E-state index in [-0.39, 0.29) is 11.9 Å². The zero-order chi connectivity index (χ0) is 14.7. The van der Waals surface area contributed by atoms with Crippen LogP contribution in [0.5, 0.6) is 0 Å². The molecule has 6 heteroatoms. The third-order valence-corrected chi connectivity index (χ3v) is 5.45. The first kappa shape index (κ1) is 14.8. The van der Waals surface area contributed by atoms with Gasteiger partial charge in [-0.05, 0) is 44.4 Å². The summed E-state index contributed by atoms with van der Waals surface area (Å²) in [7, 11) is 0. The normalized spacial score (nSPS) is 27.6. The van der Waals surface area contributed by atoms with Crippen LogP contribution in [0.1, 0.15) is 38.5 Å². The molecule has 0 unspecified atom stereocenters. The molecule has 116 valence electrons. The van der Waals surface area contributed by atoms with Crippen LogP contribution < -0.4 is 11.1 Å². The minimum Gasteiger partial charge on any atom is -0.359 e. The fraction of sp³-hybridized carbons (Fsp3) is 0.733. The standard InChI is InChI=1S/C15H24N4OS/c16-13(14(20)19-8-1-2-9-19)11-3-5-12(6-4-11)18-15-17-7-10-21-15/h7,10-13H,1-6,8-9,16H2,(H,17,18)/t11?,12?,13-/m0/s1. The zero-order valence-electron chi connectivity index (χ0n) is 12.3. The summed E-state index contributed by atoms with van der Waals surface area (Å²) in [6.07, 6.45) is 8.29. The molecule has 1 saturated heterocycles. The predicted molar refractivity (Wildman–Crippen MR) is 85.3 cm³/mol. The summed E-state index contributed by atoms with van der Waals surface area (Å²) in [6, 6.07) is 0.172. The Morgan fingerprint density at radius 1 is 1.33 bits per heavy atom. The number of nitrogens with two attached hydrogens (primary N) is 1. The van der Waals surface area contributed by atoms with Gasteiger partial charge in [-0.25, -0.2) is 4.98 Å². The van der Waals surface area contributed by atoms with Crippen LogP contribution in [0.15, 0.2) is 11.6 Å². The molecular formula is C15H24N4OS. The molecule has 21 heavy (non-hydrogen) atoms. The number of likely N-dealkylation sites (tertiary alicyclic amines) is 1. The van der Waals surface area contributed by atoms with Gasteiger partial charge in [-0.2, -0.15) is 0 Å². The van der Waals surface area contributed by atoms with Crippen molar-refractivity contribution in [3.05, 3.63) is 11.6 Å². The van der Waals surface area contributed by atoms with E-state index in [0.717, 1.165) is 56.7 Å². The van der Waals surface area contributed by atoms with Gasteiger partial charge in [0.25, 0.3) is 0 Å². The van der Waals surface area contributed by atoms with Crippen molar-refractivity contribution >= 4 is 22.4 Å². The number of aromatic nitrogens is 1. The van der Waals surface area contributed by atoms with Crippen molar-refractivity contribution in [2.24, 2.45) is 11.7 Å². The van der Waals surface area contributed by atoms with Gasteiger partial charge in [-0.15, -0.1) is 11.3 Å². The van der Waals surface area contributed by atoms with E-state index in [1.807, 2.05) is 16.5 Å². The van der Waals surface area contributed by atoms with E-state index in [4.69, 9.17) is 5.73 Å². The molecule has 2 heterocycles. The SMILES string of the molecule is N[C@H](C(=O)N1CCCC1)C1CCC(Nc2nccs2)CC1. The quantitative estimate of drug-likeness (QED) is 0.893. The van der Waals surface area contributed by atoms with Crippen molar-refractivity contribution in [3.8, 4) is 0 Å². The maximum Gasteiger partial charge on any atom is 0.239 e. The third kappa shape index (κ3) is 3.55. The van der Waals surface area contributed by atoms with Gasteiger partial charge in [0.1, 0.15) is 0 Å². The smallest absolute Gasteiger partial charge is 0.239 e. The van der Waals surface area contributed by atoms with Crippen LogP contribution >= 0.6 is 11.3 Å². The largest absolute Gasteiger partial charge is 0.359 e. The molecule has 0 spiro atoms. The number of carbonyl (C=O) groups excluding carboxylic acids is 1. The lowest BCUT2D eigenvalue weighted by molar-refractivity contribution is -0.133. The van der Waals surface area contributed by atoms with E-state index >= 15 is 0 Å². The second-order valence-corrected chi connectivity index (χ2v) is 7.05. The average molecular weight is 308 g/mol. The number of anilines is 1. The van der Waals surface area contributed by atoms with Crippen molar-refractivity contribution < 1.29 is 4.79 Å². The summed E-state index contributed by atoms with van der Waals surface area (Å²) in [5, 5.41) is 6.46. The molecule has 1 saturated carbocycles. The number of nitrogens with zero attached hydrogens (tertiary/aromatic N) is 2. The van der Waals surface area contributed by atoms with Gasteiger partial charge in [-0.1, -0.05) is 0 Å². The topological polar surface area (TPSA) is 71.2 Å². The molecule has 1 atom stereocenters. The molecular weight excluding hydrogens is 284 g/mol. The Morgan fingerprint density at radius 3 is 2.67 bits per heavy atom. The molecule has 3 rings (SSSR count). The van der Waals surface area contributed by atoms with E-state index < -0.39 is 0 Å². The van der Waals surface area contributed by atoms with Crippen LogP contribution in [-0.2, 0) is 4.79 Å². The summed E-state index contributed by atoms with van der Waals surface area (Å²) in [5.74, 6) is 0.510. The second-order valence-electron chi connectivity index (χ2n) is 6.15. The molecule has 1 aromatic heterocycles. The van der Waals surface area contributed by atoms with Crippen molar-refractivity contribution in [1.82, 2.24) is 9.88 Å². The first-order valence-electron chi connectivity index (χ1n) is 7.94. The molecule has 2 fully saturated rings. The lowest BCUT2D eigenvalue weighted by Crippen LogP contribution is -2.48. The lowest BCUT2D eigenvalue weighted by atomic mass is 9.81. The van der Waals surface area contributed by atoms with E-state index in [2.05, 4.69) is 10.3 Å². The molecule has 1 aromatic rings. The van der Waals surface area contributed by atoms with Crippen molar-refractivity contribution in [2.45, 2.75) is 50.6 Å². The number of nitrogens with one attached hydrogen (secondary N) is 1. The molecule has 0 bridgehead atoms. The first-order chi connectivity index (χ1) is 10.2. The van der Waals surface area contributed by atoms with Gasteiger partial charge in [0, 0.05) is 30.7 Å². The van der Waals surface area contributed by atoms with E-state index in [0.29, 0.717) is 12.0 Å². The van der Waals surface area contributed by atoms with Crippen LogP contribution in [0.2, 0.25) is 0 Å². The summed E-state index contributed by atoms with van der Waals surface area (Å²) in [4.78, 5) is 18.6. The Bertz CT molecular complexity index is 450. The second kappa shape index (κ2) is 6.75. The molecule has 1 amide bonds. The Labute approximate surface area is 129 Å². The van der Waals surface area contributed by atoms with Gasteiger partial charge in [0.15, 0.2) is 5.13 Å². The monoisotopic (exact) mass is 308 g/mol. The van der Waals surface area contributed by atoms with Crippen LogP contribution in [0.25, 0.3) is 0 Å². The highest BCUT2D eigenvalue weighted by Gasteiger charge is 2.32. The summed E-state index contributed by atoms with van der Waals surface area (Å²) < 4.78 is 0. The summed E-state index contributed by atoms with van der Waals surface area (Å²) in [5.41, 5.74) is 6.23. The van der Waals surface area contributed by atoms with Gasteiger partial charge in [0.05, 0.1) is 6.04 Å². The van der Waals surface area contributed by atoms with Gasteiger partial charge < -0.3 is 16.0 Å². The highest BCUT2D eigenvalue weighted by Crippen LogP contribution is 2.29. The van der Waals surface area contributed by atoms with Crippen LogP contribution in [0.4, 0.5) is 5.13 Å². The van der Waals surface area contributed by atoms with Crippen LogP contribution in [-0.4, -0.2) is 41.0 Å². The van der Waals surface area contributed by atoms with Gasteiger partial charge in [-0.3, -0.25) is 4.79 Å². The van der Waals surface area contributed by atoms with Crippen LogP contribution in [0, 0.1) is 5.92 Å². The maximum atomic E-state index is 12.4. The summed E-state index contributed by atoms with van der Waals surface area (Å²) >= 11 is 1.64. The number of rotatable bonds is 4. The predicted octanol–water partition coefficient (Wildman–Crippen LogP) is 2.06. The van der Waals surface area contributed by atoms with E-state index in [1.165, 1.54) is 0 Å². The zero-order valence-corrected chi connectivity index (χ0v) is 13.1. The number of amides is 1. The maximum absolute atomic E-state index is 12.4. The highest BCUT2D eigenvalue weighted by molar-refractivity contribution is 7.13. The third-order valence-electron chi connectivity index (χ3n) is 4.74. The molecule has 1 aliphatic heterocycles. The van der Waals surface area contributed by atoms with Crippen LogP contribution in [0.3, 0.4) is 0 Å². The van der Waals surface area contributed by atoms with E-state index in [1.54, 1.807) is 11.3 Å². The van der Waals surface area contributed by atoms with Crippen molar-refractivity contribution in [3.63, 3.8) is 0 Å². The molecule has 0 radical (unpaired) electrons. The fourth-order valence-corrected chi connectivity index (χ4v) is 4.05. The minimum atomic E-state index is -0.302. The average Bonchev–Trinajstić information content (AvgIpc) is 3.20. The number of hydrogen-bond acceptors (Lipinski definition) is 5. The van der Waals surface area contributed by atoms with Crippen molar-refractivity contribution in [1.29, 1.82) is 0 Å². The minimum absolute atomic E-state index is 0.170. The fourth-order valence-electron chi connectivity index (χ4n) is 3.44. The highest BCUT2D eigenvalue weighted by atomic mass is 32.1. The molecule has 0 aromatic carbocycles. The Balaban J connectivity index is 1.47. The Hall–Kier alpha value is -1.14. The molecule has 2 aliphatic rings. The number of thiazole rings is 1. The summed E-state index contributed by atoms with van der Waals surface area (Å²) in [6.45, 7) is 1.79. The lowest BCUT2D eigenvalue weighted by Gasteiger charge is -2.33. The van der Waals surface area contributed by atoms with Gasteiger partial charge in [0.2, 0.25) is 5.91 Å². The van der Waals surface area contributed by atoms with E-state index in [9.17, 15) is 4.79 Å². The molecule has 5 nitrogen and oxygen atoms in total. The first-order valence-corrected chi connectivity index (χ1v) is 8.82. The number of hydrogen-bond donors (Lipinski definition) is 2. The molecule has 1 aliphatic carbocycles. The van der Waals surface area contributed by atoms with Crippen molar-refractivity contribution in [2.75, 3.05) is 18.4 Å². The van der Waals surface area contributed by atoms with Gasteiger partial charge >= 0.3 is 0 Å². The number of carbonyl (C=O) groups is 1.